The first-order valence-electron chi connectivity index (χ1n) is 9.48. The Bertz CT molecular complexity index is 709. The van der Waals surface area contributed by atoms with Crippen molar-refractivity contribution in [3.05, 3.63) is 41.4 Å². The lowest BCUT2D eigenvalue weighted by atomic mass is 9.88. The molecule has 0 saturated carbocycles. The summed E-state index contributed by atoms with van der Waals surface area (Å²) in [4.78, 5) is 0. The second-order valence-corrected chi connectivity index (χ2v) is 12.8. The van der Waals surface area contributed by atoms with Crippen LogP contribution in [0.2, 0.25) is 13.1 Å². The highest BCUT2D eigenvalue weighted by atomic mass is 28.4. The summed E-state index contributed by atoms with van der Waals surface area (Å²) >= 11 is 0. The van der Waals surface area contributed by atoms with E-state index in [0.717, 1.165) is 17.3 Å². The molecular weight excluding hydrogens is 384 g/mol. The van der Waals surface area contributed by atoms with Crippen molar-refractivity contribution in [2.45, 2.75) is 78.1 Å². The molecule has 1 aliphatic heterocycles. The largest absolute Gasteiger partial charge is 0.487 e. The molecular formula is C20H30BF3O3Si. The molecule has 8 heteroatoms. The van der Waals surface area contributed by atoms with E-state index in [1.165, 1.54) is 12.1 Å². The summed E-state index contributed by atoms with van der Waals surface area (Å²) in [5.41, 5.74) is -0.968. The zero-order chi connectivity index (χ0) is 21.5. The van der Waals surface area contributed by atoms with Crippen molar-refractivity contribution >= 4 is 20.6 Å². The lowest BCUT2D eigenvalue weighted by molar-refractivity contribution is -0.137. The average Bonchev–Trinajstić information content (AvgIpc) is 2.70. The molecule has 0 bridgehead atoms. The second kappa shape index (κ2) is 7.63. The summed E-state index contributed by atoms with van der Waals surface area (Å²) in [6, 6.07) is 5.21. The number of hydrogen-bond donors (Lipinski definition) is 0. The lowest BCUT2D eigenvalue weighted by Crippen LogP contribution is -2.41. The summed E-state index contributed by atoms with van der Waals surface area (Å²) in [6.45, 7) is 15.8. The Balaban J connectivity index is 2.47. The van der Waals surface area contributed by atoms with Gasteiger partial charge in [-0.2, -0.15) is 13.2 Å². The zero-order valence-electron chi connectivity index (χ0n) is 17.9. The summed E-state index contributed by atoms with van der Waals surface area (Å²) in [6.07, 6.45) is -4.37. The van der Waals surface area contributed by atoms with E-state index >= 15 is 0 Å². The van der Waals surface area contributed by atoms with Crippen LogP contribution in [0.25, 0.3) is 5.20 Å². The van der Waals surface area contributed by atoms with Gasteiger partial charge in [0, 0.05) is 6.10 Å². The molecule has 156 valence electrons. The molecule has 0 amide bonds. The first-order chi connectivity index (χ1) is 12.6. The van der Waals surface area contributed by atoms with Crippen LogP contribution < -0.4 is 0 Å². The minimum atomic E-state index is -4.37. The second-order valence-electron chi connectivity index (χ2n) is 8.96. The third-order valence-electron chi connectivity index (χ3n) is 5.28. The fourth-order valence-electron chi connectivity index (χ4n) is 3.23. The molecule has 1 heterocycles. The van der Waals surface area contributed by atoms with E-state index in [2.05, 4.69) is 0 Å². The quantitative estimate of drug-likeness (QED) is 0.563. The molecule has 3 nitrogen and oxygen atoms in total. The fourth-order valence-corrected chi connectivity index (χ4v) is 5.93. The van der Waals surface area contributed by atoms with Crippen molar-refractivity contribution in [3.63, 3.8) is 0 Å². The Hall–Kier alpha value is -1.09. The minimum absolute atomic E-state index is 0.00203. The van der Waals surface area contributed by atoms with E-state index in [0.29, 0.717) is 5.56 Å². The molecule has 1 aromatic rings. The molecule has 28 heavy (non-hydrogen) atoms. The number of alkyl halides is 3. The van der Waals surface area contributed by atoms with Crippen molar-refractivity contribution in [3.8, 4) is 0 Å². The topological polar surface area (TPSA) is 27.7 Å². The van der Waals surface area contributed by atoms with Gasteiger partial charge in [-0.15, -0.1) is 0 Å². The van der Waals surface area contributed by atoms with Crippen LogP contribution >= 0.6 is 0 Å². The van der Waals surface area contributed by atoms with Crippen LogP contribution in [0.4, 0.5) is 13.2 Å². The maximum atomic E-state index is 13.0. The number of rotatable bonds is 5. The van der Waals surface area contributed by atoms with E-state index in [9.17, 15) is 13.2 Å². The average molecular weight is 414 g/mol. The third kappa shape index (κ3) is 5.09. The van der Waals surface area contributed by atoms with Gasteiger partial charge in [0.1, 0.15) is 0 Å². The maximum absolute atomic E-state index is 13.0. The molecule has 2 rings (SSSR count). The van der Waals surface area contributed by atoms with Gasteiger partial charge in [0.15, 0.2) is 0 Å². The van der Waals surface area contributed by atoms with Crippen LogP contribution in [0, 0.1) is 0 Å². The van der Waals surface area contributed by atoms with E-state index in [4.69, 9.17) is 13.7 Å². The number of benzene rings is 1. The number of hydrogen-bond acceptors (Lipinski definition) is 3. The summed E-state index contributed by atoms with van der Waals surface area (Å²) in [5.74, 6) is 1.87. The SMILES string of the molecule is CC(C)O[Si](C)(C)/C(=C\B1OC(C)(C)C(C)(C)O1)c1ccc(C(F)(F)F)cc1. The van der Waals surface area contributed by atoms with Gasteiger partial charge in [0.2, 0.25) is 8.32 Å². The van der Waals surface area contributed by atoms with Crippen LogP contribution in [0.1, 0.15) is 52.7 Å². The fraction of sp³-hybridized carbons (Fsp3) is 0.600. The Morgan fingerprint density at radius 2 is 1.50 bits per heavy atom. The van der Waals surface area contributed by atoms with Gasteiger partial charge in [-0.25, -0.2) is 0 Å². The van der Waals surface area contributed by atoms with Crippen LogP contribution in [0.5, 0.6) is 0 Å². The van der Waals surface area contributed by atoms with Crippen molar-refractivity contribution in [2.24, 2.45) is 0 Å². The molecule has 0 N–H and O–H groups in total. The highest BCUT2D eigenvalue weighted by Gasteiger charge is 2.51. The molecule has 1 aromatic carbocycles. The smallest absolute Gasteiger partial charge is 0.411 e. The third-order valence-corrected chi connectivity index (χ3v) is 8.09. The van der Waals surface area contributed by atoms with Crippen molar-refractivity contribution in [1.29, 1.82) is 0 Å². The lowest BCUT2D eigenvalue weighted by Gasteiger charge is -2.32. The summed E-state index contributed by atoms with van der Waals surface area (Å²) < 4.78 is 57.2. The molecule has 0 spiro atoms. The van der Waals surface area contributed by atoms with Gasteiger partial charge in [-0.3, -0.25) is 0 Å². The van der Waals surface area contributed by atoms with Gasteiger partial charge in [-0.05, 0) is 77.5 Å². The van der Waals surface area contributed by atoms with Crippen LogP contribution in [-0.4, -0.2) is 32.7 Å². The van der Waals surface area contributed by atoms with Crippen molar-refractivity contribution in [1.82, 2.24) is 0 Å². The normalized spacial score (nSPS) is 20.1. The van der Waals surface area contributed by atoms with Gasteiger partial charge in [0.05, 0.1) is 16.8 Å². The van der Waals surface area contributed by atoms with Gasteiger partial charge < -0.3 is 13.7 Å². The first-order valence-corrected chi connectivity index (χ1v) is 12.4. The Kier molecular flexibility index (Phi) is 6.32. The molecule has 0 aliphatic carbocycles. The highest BCUT2D eigenvalue weighted by Crippen LogP contribution is 2.39. The highest BCUT2D eigenvalue weighted by molar-refractivity contribution is 6.91. The van der Waals surface area contributed by atoms with E-state index < -0.39 is 38.4 Å². The maximum Gasteiger partial charge on any atom is 0.487 e. The van der Waals surface area contributed by atoms with E-state index in [1.807, 2.05) is 60.6 Å². The monoisotopic (exact) mass is 414 g/mol. The predicted molar refractivity (Wildman–Crippen MR) is 109 cm³/mol. The number of halogens is 3. The predicted octanol–water partition coefficient (Wildman–Crippen LogP) is 5.89. The van der Waals surface area contributed by atoms with Gasteiger partial charge >= 0.3 is 13.3 Å². The Labute approximate surface area is 167 Å². The minimum Gasteiger partial charge on any atom is -0.411 e. The molecule has 1 aliphatic rings. The van der Waals surface area contributed by atoms with Crippen molar-refractivity contribution < 1.29 is 26.9 Å². The molecule has 1 fully saturated rings. The summed E-state index contributed by atoms with van der Waals surface area (Å²) in [5, 5.41) is 0.855. The van der Waals surface area contributed by atoms with E-state index in [1.54, 1.807) is 0 Å². The molecule has 1 saturated heterocycles. The zero-order valence-corrected chi connectivity index (χ0v) is 18.9. The molecule has 0 radical (unpaired) electrons. The molecule has 0 atom stereocenters. The Morgan fingerprint density at radius 1 is 1.04 bits per heavy atom. The van der Waals surface area contributed by atoms with Gasteiger partial charge in [0.25, 0.3) is 0 Å². The van der Waals surface area contributed by atoms with Crippen molar-refractivity contribution in [2.75, 3.05) is 0 Å². The molecule has 0 aromatic heterocycles. The standard InChI is InChI=1S/C20H30BF3O3Si/c1-14(2)25-28(7,8)17(13-21-26-18(3,4)19(5,6)27-21)15-9-11-16(12-10-15)20(22,23)24/h9-14H,1-8H3/b17-13-. The van der Waals surface area contributed by atoms with Gasteiger partial charge in [-0.1, -0.05) is 18.1 Å². The summed E-state index contributed by atoms with van der Waals surface area (Å²) in [7, 11) is -3.03. The van der Waals surface area contributed by atoms with E-state index in [-0.39, 0.29) is 6.10 Å². The molecule has 0 unspecified atom stereocenters. The van der Waals surface area contributed by atoms with Crippen LogP contribution in [0.3, 0.4) is 0 Å². The first kappa shape index (κ1) is 23.2. The van der Waals surface area contributed by atoms with Crippen LogP contribution in [0.15, 0.2) is 30.2 Å². The Morgan fingerprint density at radius 3 is 1.89 bits per heavy atom. The van der Waals surface area contributed by atoms with Crippen LogP contribution in [-0.2, 0) is 19.9 Å².